The van der Waals surface area contributed by atoms with E-state index < -0.39 is 0 Å². The molecular weight excluding hydrogens is 290 g/mol. The third-order valence-electron chi connectivity index (χ3n) is 4.64. The minimum Gasteiger partial charge on any atom is -0.340 e. The van der Waals surface area contributed by atoms with E-state index in [0.717, 1.165) is 13.0 Å². The Hall–Kier alpha value is -2.80. The standard InChI is InChI=1S/C23H21N/c1-2-22-16-21-15-20(19-11-7-4-8-12-19)13-14-23(21)24(22)17-18-9-5-3-6-10-18/h3-16H,2,17H2,1H3. The van der Waals surface area contributed by atoms with Gasteiger partial charge in [0.1, 0.15) is 0 Å². The Bertz CT molecular complexity index is 949. The summed E-state index contributed by atoms with van der Waals surface area (Å²) in [5.41, 5.74) is 6.60. The highest BCUT2D eigenvalue weighted by Crippen LogP contribution is 2.27. The first-order valence-corrected chi connectivity index (χ1v) is 8.56. The van der Waals surface area contributed by atoms with Gasteiger partial charge in [0.2, 0.25) is 0 Å². The molecule has 24 heavy (non-hydrogen) atoms. The van der Waals surface area contributed by atoms with Gasteiger partial charge in [-0.25, -0.2) is 0 Å². The minimum atomic E-state index is 0.929. The highest BCUT2D eigenvalue weighted by Gasteiger charge is 2.09. The lowest BCUT2D eigenvalue weighted by atomic mass is 10.0. The molecule has 0 atom stereocenters. The number of benzene rings is 3. The van der Waals surface area contributed by atoms with Crippen LogP contribution in [-0.2, 0) is 13.0 Å². The molecule has 0 saturated carbocycles. The molecule has 0 radical (unpaired) electrons. The molecule has 4 aromatic rings. The zero-order valence-electron chi connectivity index (χ0n) is 13.9. The second kappa shape index (κ2) is 6.37. The predicted molar refractivity (Wildman–Crippen MR) is 102 cm³/mol. The molecule has 3 aromatic carbocycles. The zero-order valence-corrected chi connectivity index (χ0v) is 13.9. The van der Waals surface area contributed by atoms with E-state index in [0.29, 0.717) is 0 Å². The molecule has 118 valence electrons. The molecular formula is C23H21N. The first-order valence-electron chi connectivity index (χ1n) is 8.56. The number of aromatic nitrogens is 1. The molecule has 1 nitrogen and oxygen atoms in total. The van der Waals surface area contributed by atoms with Crippen LogP contribution in [0.4, 0.5) is 0 Å². The molecule has 0 bridgehead atoms. The van der Waals surface area contributed by atoms with Crippen molar-refractivity contribution in [1.82, 2.24) is 4.57 Å². The predicted octanol–water partition coefficient (Wildman–Crippen LogP) is 5.92. The Kier molecular flexibility index (Phi) is 3.92. The average Bonchev–Trinajstić information content (AvgIpc) is 3.00. The van der Waals surface area contributed by atoms with Crippen molar-refractivity contribution in [2.75, 3.05) is 0 Å². The van der Waals surface area contributed by atoms with E-state index in [4.69, 9.17) is 0 Å². The molecule has 0 amide bonds. The summed E-state index contributed by atoms with van der Waals surface area (Å²) in [5, 5.41) is 1.32. The van der Waals surface area contributed by atoms with Crippen molar-refractivity contribution in [2.24, 2.45) is 0 Å². The molecule has 0 N–H and O–H groups in total. The van der Waals surface area contributed by atoms with Crippen LogP contribution >= 0.6 is 0 Å². The van der Waals surface area contributed by atoms with Crippen molar-refractivity contribution in [1.29, 1.82) is 0 Å². The van der Waals surface area contributed by atoms with Crippen molar-refractivity contribution in [3.05, 3.63) is 96.2 Å². The highest BCUT2D eigenvalue weighted by molar-refractivity contribution is 5.86. The van der Waals surface area contributed by atoms with E-state index in [1.807, 2.05) is 0 Å². The van der Waals surface area contributed by atoms with Crippen molar-refractivity contribution in [3.8, 4) is 11.1 Å². The van der Waals surface area contributed by atoms with E-state index in [1.54, 1.807) is 0 Å². The molecule has 1 heteroatoms. The molecule has 0 fully saturated rings. The van der Waals surface area contributed by atoms with Gasteiger partial charge in [-0.3, -0.25) is 0 Å². The lowest BCUT2D eigenvalue weighted by Gasteiger charge is -2.10. The largest absolute Gasteiger partial charge is 0.340 e. The van der Waals surface area contributed by atoms with Gasteiger partial charge in [0.05, 0.1) is 0 Å². The Morgan fingerprint density at radius 3 is 2.12 bits per heavy atom. The lowest BCUT2D eigenvalue weighted by Crippen LogP contribution is -2.03. The van der Waals surface area contributed by atoms with Crippen molar-refractivity contribution < 1.29 is 0 Å². The SMILES string of the molecule is CCc1cc2cc(-c3ccccc3)ccc2n1Cc1ccccc1. The molecule has 1 aromatic heterocycles. The van der Waals surface area contributed by atoms with Gasteiger partial charge in [-0.1, -0.05) is 73.7 Å². The van der Waals surface area contributed by atoms with E-state index >= 15 is 0 Å². The van der Waals surface area contributed by atoms with Crippen molar-refractivity contribution in [2.45, 2.75) is 19.9 Å². The molecule has 0 saturated heterocycles. The summed E-state index contributed by atoms with van der Waals surface area (Å²) in [4.78, 5) is 0. The maximum atomic E-state index is 2.44. The highest BCUT2D eigenvalue weighted by atomic mass is 15.0. The van der Waals surface area contributed by atoms with Crippen LogP contribution in [0, 0.1) is 0 Å². The number of nitrogens with zero attached hydrogens (tertiary/aromatic N) is 1. The summed E-state index contributed by atoms with van der Waals surface area (Å²) < 4.78 is 2.44. The number of rotatable bonds is 4. The summed E-state index contributed by atoms with van der Waals surface area (Å²) in [6.45, 7) is 3.16. The van der Waals surface area contributed by atoms with Crippen LogP contribution in [-0.4, -0.2) is 4.57 Å². The summed E-state index contributed by atoms with van der Waals surface area (Å²) in [5.74, 6) is 0. The number of hydrogen-bond donors (Lipinski definition) is 0. The molecule has 4 rings (SSSR count). The molecule has 0 spiro atoms. The van der Waals surface area contributed by atoms with Crippen molar-refractivity contribution >= 4 is 10.9 Å². The van der Waals surface area contributed by atoms with Crippen LogP contribution in [0.25, 0.3) is 22.0 Å². The molecule has 0 aliphatic rings. The van der Waals surface area contributed by atoms with Gasteiger partial charge >= 0.3 is 0 Å². The molecule has 0 unspecified atom stereocenters. The van der Waals surface area contributed by atoms with E-state index in [2.05, 4.69) is 96.4 Å². The fourth-order valence-corrected chi connectivity index (χ4v) is 3.38. The van der Waals surface area contributed by atoms with E-state index in [9.17, 15) is 0 Å². The Morgan fingerprint density at radius 2 is 1.42 bits per heavy atom. The number of hydrogen-bond acceptors (Lipinski definition) is 0. The van der Waals surface area contributed by atoms with Crippen molar-refractivity contribution in [3.63, 3.8) is 0 Å². The van der Waals surface area contributed by atoms with Crippen LogP contribution in [0.15, 0.2) is 84.9 Å². The molecule has 1 heterocycles. The van der Waals surface area contributed by atoms with Gasteiger partial charge in [0.25, 0.3) is 0 Å². The van der Waals surface area contributed by atoms with Crippen LogP contribution in [0.1, 0.15) is 18.2 Å². The third-order valence-corrected chi connectivity index (χ3v) is 4.64. The van der Waals surface area contributed by atoms with Gasteiger partial charge in [-0.05, 0) is 41.3 Å². The Morgan fingerprint density at radius 1 is 0.708 bits per heavy atom. The topological polar surface area (TPSA) is 4.93 Å². The average molecular weight is 311 g/mol. The molecule has 0 aliphatic heterocycles. The van der Waals surface area contributed by atoms with Gasteiger partial charge in [-0.15, -0.1) is 0 Å². The van der Waals surface area contributed by atoms with Crippen LogP contribution in [0.3, 0.4) is 0 Å². The van der Waals surface area contributed by atoms with Gasteiger partial charge in [-0.2, -0.15) is 0 Å². The van der Waals surface area contributed by atoms with Gasteiger partial charge in [0.15, 0.2) is 0 Å². The zero-order chi connectivity index (χ0) is 16.4. The monoisotopic (exact) mass is 311 g/mol. The summed E-state index contributed by atoms with van der Waals surface area (Å²) in [6, 6.07) is 30.4. The second-order valence-corrected chi connectivity index (χ2v) is 6.20. The summed E-state index contributed by atoms with van der Waals surface area (Å²) >= 11 is 0. The normalized spacial score (nSPS) is 11.0. The number of aryl methyl sites for hydroxylation is 1. The smallest absolute Gasteiger partial charge is 0.0486 e. The maximum Gasteiger partial charge on any atom is 0.0486 e. The quantitative estimate of drug-likeness (QED) is 0.441. The van der Waals surface area contributed by atoms with Crippen LogP contribution in [0.2, 0.25) is 0 Å². The Labute approximate surface area is 143 Å². The molecule has 0 aliphatic carbocycles. The fraction of sp³-hybridized carbons (Fsp3) is 0.130. The number of fused-ring (bicyclic) bond motifs is 1. The lowest BCUT2D eigenvalue weighted by molar-refractivity contribution is 0.776. The summed E-state index contributed by atoms with van der Waals surface area (Å²) in [7, 11) is 0. The van der Waals surface area contributed by atoms with Gasteiger partial charge in [0, 0.05) is 23.1 Å². The fourth-order valence-electron chi connectivity index (χ4n) is 3.38. The Balaban J connectivity index is 1.80. The first kappa shape index (κ1) is 14.8. The minimum absolute atomic E-state index is 0.929. The van der Waals surface area contributed by atoms with E-state index in [-0.39, 0.29) is 0 Å². The van der Waals surface area contributed by atoms with Crippen LogP contribution in [0.5, 0.6) is 0 Å². The second-order valence-electron chi connectivity index (χ2n) is 6.20. The third kappa shape index (κ3) is 2.74. The first-order chi connectivity index (χ1) is 11.8. The summed E-state index contributed by atoms with van der Waals surface area (Å²) in [6.07, 6.45) is 1.04. The van der Waals surface area contributed by atoms with Gasteiger partial charge < -0.3 is 4.57 Å². The van der Waals surface area contributed by atoms with E-state index in [1.165, 1.54) is 33.3 Å². The van der Waals surface area contributed by atoms with Crippen LogP contribution < -0.4 is 0 Å². The maximum absolute atomic E-state index is 2.44.